The van der Waals surface area contributed by atoms with Gasteiger partial charge in [0.05, 0.1) is 5.56 Å². The average molecular weight is 418 g/mol. The molecule has 3 nitrogen and oxygen atoms in total. The van der Waals surface area contributed by atoms with Gasteiger partial charge in [-0.15, -0.1) is 0 Å². The van der Waals surface area contributed by atoms with Gasteiger partial charge in [0.2, 0.25) is 5.88 Å². The van der Waals surface area contributed by atoms with Gasteiger partial charge in [0.25, 0.3) is 0 Å². The zero-order chi connectivity index (χ0) is 21.0. The van der Waals surface area contributed by atoms with E-state index in [9.17, 15) is 18.0 Å². The fourth-order valence-corrected chi connectivity index (χ4v) is 2.60. The van der Waals surface area contributed by atoms with Gasteiger partial charge < -0.3 is 4.74 Å². The van der Waals surface area contributed by atoms with Crippen molar-refractivity contribution in [3.05, 3.63) is 94.1 Å². The highest BCUT2D eigenvalue weighted by Crippen LogP contribution is 2.34. The monoisotopic (exact) mass is 417 g/mol. The maximum Gasteiger partial charge on any atom is 0.417 e. The summed E-state index contributed by atoms with van der Waals surface area (Å²) in [7, 11) is 0. The van der Waals surface area contributed by atoms with Crippen LogP contribution in [0.4, 0.5) is 13.2 Å². The van der Waals surface area contributed by atoms with E-state index in [1.54, 1.807) is 18.2 Å². The van der Waals surface area contributed by atoms with E-state index in [0.29, 0.717) is 17.5 Å². The number of allylic oxidation sites excluding steroid dienone is 1. The lowest BCUT2D eigenvalue weighted by Gasteiger charge is -2.10. The molecule has 0 spiro atoms. The number of hydrogen-bond donors (Lipinski definition) is 0. The molecule has 1 heterocycles. The second-order valence-corrected chi connectivity index (χ2v) is 6.65. The quantitative estimate of drug-likeness (QED) is 0.340. The zero-order valence-electron chi connectivity index (χ0n) is 15.2. The second-order valence-electron chi connectivity index (χ2n) is 6.24. The van der Waals surface area contributed by atoms with Crippen molar-refractivity contribution in [2.24, 2.45) is 0 Å². The third kappa shape index (κ3) is 5.45. The molecule has 2 aromatic carbocycles. The Hall–Kier alpha value is -3.12. The molecule has 3 rings (SSSR count). The largest absolute Gasteiger partial charge is 0.438 e. The second kappa shape index (κ2) is 8.49. The predicted molar refractivity (Wildman–Crippen MR) is 105 cm³/mol. The van der Waals surface area contributed by atoms with Crippen LogP contribution >= 0.6 is 11.6 Å². The minimum atomic E-state index is -4.54. The molecule has 3 aromatic rings. The maximum absolute atomic E-state index is 12.7. The molecule has 0 aliphatic heterocycles. The van der Waals surface area contributed by atoms with Gasteiger partial charge in [-0.05, 0) is 48.9 Å². The van der Waals surface area contributed by atoms with Crippen molar-refractivity contribution in [2.45, 2.75) is 13.1 Å². The number of halogens is 4. The van der Waals surface area contributed by atoms with Crippen LogP contribution in [0.3, 0.4) is 0 Å². The molecule has 0 saturated heterocycles. The van der Waals surface area contributed by atoms with Crippen LogP contribution < -0.4 is 4.74 Å². The summed E-state index contributed by atoms with van der Waals surface area (Å²) < 4.78 is 43.4. The van der Waals surface area contributed by atoms with Gasteiger partial charge >= 0.3 is 6.18 Å². The fourth-order valence-electron chi connectivity index (χ4n) is 2.40. The van der Waals surface area contributed by atoms with Crippen molar-refractivity contribution in [3.63, 3.8) is 0 Å². The molecule has 0 bridgehead atoms. The number of benzene rings is 2. The molecule has 0 N–H and O–H groups in total. The molecule has 0 unspecified atom stereocenters. The van der Waals surface area contributed by atoms with Gasteiger partial charge in [-0.2, -0.15) is 13.2 Å². The number of pyridine rings is 1. The van der Waals surface area contributed by atoms with E-state index in [1.807, 2.05) is 31.2 Å². The number of alkyl halides is 3. The lowest BCUT2D eigenvalue weighted by Crippen LogP contribution is -2.05. The summed E-state index contributed by atoms with van der Waals surface area (Å²) in [6, 6.07) is 14.6. The maximum atomic E-state index is 12.7. The van der Waals surface area contributed by atoms with Crippen LogP contribution in [0.15, 0.2) is 66.9 Å². The first-order valence-corrected chi connectivity index (χ1v) is 8.90. The molecule has 148 valence electrons. The number of nitrogens with zero attached hydrogens (tertiary/aromatic N) is 1. The summed E-state index contributed by atoms with van der Waals surface area (Å²) in [4.78, 5) is 15.9. The van der Waals surface area contributed by atoms with E-state index >= 15 is 0 Å². The Kier molecular flexibility index (Phi) is 6.03. The summed E-state index contributed by atoms with van der Waals surface area (Å²) in [5.41, 5.74) is 1.52. The number of hydrogen-bond acceptors (Lipinski definition) is 3. The van der Waals surface area contributed by atoms with Gasteiger partial charge in [-0.1, -0.05) is 47.5 Å². The van der Waals surface area contributed by atoms with Crippen molar-refractivity contribution >= 4 is 23.5 Å². The normalized spacial score (nSPS) is 11.6. The first-order chi connectivity index (χ1) is 13.7. The summed E-state index contributed by atoms with van der Waals surface area (Å²) in [5, 5.41) is -0.263. The Balaban J connectivity index is 1.68. The highest BCUT2D eigenvalue weighted by Gasteiger charge is 2.31. The minimum Gasteiger partial charge on any atom is -0.438 e. The zero-order valence-corrected chi connectivity index (χ0v) is 16.0. The van der Waals surface area contributed by atoms with Gasteiger partial charge in [-0.25, -0.2) is 4.98 Å². The van der Waals surface area contributed by atoms with E-state index in [1.165, 1.54) is 18.2 Å². The summed E-state index contributed by atoms with van der Waals surface area (Å²) in [6.07, 6.45) is -0.703. The Morgan fingerprint density at radius 3 is 2.31 bits per heavy atom. The molecule has 1 aromatic heterocycles. The number of ether oxygens (including phenoxy) is 1. The van der Waals surface area contributed by atoms with Gasteiger partial charge in [-0.3, -0.25) is 4.79 Å². The van der Waals surface area contributed by atoms with Crippen molar-refractivity contribution in [3.8, 4) is 11.6 Å². The number of carbonyl (C=O) groups excluding carboxylic acids is 1. The molecule has 29 heavy (non-hydrogen) atoms. The molecular formula is C22H15ClF3NO2. The summed E-state index contributed by atoms with van der Waals surface area (Å²) >= 11 is 5.83. The van der Waals surface area contributed by atoms with E-state index < -0.39 is 11.7 Å². The van der Waals surface area contributed by atoms with E-state index in [0.717, 1.165) is 17.2 Å². The van der Waals surface area contributed by atoms with Crippen molar-refractivity contribution in [1.29, 1.82) is 0 Å². The molecule has 0 saturated carbocycles. The fraction of sp³-hybridized carbons (Fsp3) is 0.0909. The predicted octanol–water partition coefficient (Wildman–Crippen LogP) is 6.75. The Labute approximate surface area is 170 Å². The third-order valence-corrected chi connectivity index (χ3v) is 4.26. The van der Waals surface area contributed by atoms with Crippen LogP contribution in [0.25, 0.3) is 6.08 Å². The van der Waals surface area contributed by atoms with Crippen molar-refractivity contribution in [1.82, 2.24) is 4.98 Å². The Morgan fingerprint density at radius 1 is 1.07 bits per heavy atom. The first-order valence-electron chi connectivity index (χ1n) is 8.52. The molecule has 0 aliphatic rings. The molecule has 0 radical (unpaired) electrons. The van der Waals surface area contributed by atoms with Crippen LogP contribution in [0, 0.1) is 6.92 Å². The number of aryl methyl sites for hydroxylation is 1. The Bertz CT molecular complexity index is 1040. The topological polar surface area (TPSA) is 39.2 Å². The van der Waals surface area contributed by atoms with Crippen LogP contribution in [-0.2, 0) is 6.18 Å². The van der Waals surface area contributed by atoms with Gasteiger partial charge in [0, 0.05) is 11.8 Å². The standard InChI is InChI=1S/C22H15ClF3NO2/c1-14-2-4-15(5-3-14)6-11-20(28)16-7-9-18(10-8-16)29-21-19(23)12-17(13-27-21)22(24,25)26/h2-13H,1H3/b11-6+. The number of carbonyl (C=O) groups is 1. The van der Waals surface area contributed by atoms with E-state index in [2.05, 4.69) is 4.98 Å². The average Bonchev–Trinajstić information content (AvgIpc) is 2.68. The van der Waals surface area contributed by atoms with Gasteiger partial charge in [0.15, 0.2) is 5.78 Å². The third-order valence-electron chi connectivity index (χ3n) is 3.99. The smallest absolute Gasteiger partial charge is 0.417 e. The van der Waals surface area contributed by atoms with E-state index in [4.69, 9.17) is 16.3 Å². The molecule has 0 aliphatic carbocycles. The van der Waals surface area contributed by atoms with Crippen LogP contribution in [0.1, 0.15) is 27.0 Å². The molecule has 0 amide bonds. The number of rotatable bonds is 5. The van der Waals surface area contributed by atoms with Crippen LogP contribution in [0.5, 0.6) is 11.6 Å². The summed E-state index contributed by atoms with van der Waals surface area (Å²) in [6.45, 7) is 1.98. The first kappa shape index (κ1) is 20.6. The lowest BCUT2D eigenvalue weighted by atomic mass is 10.1. The molecule has 0 fully saturated rings. The minimum absolute atomic E-state index is 0.155. The molecule has 7 heteroatoms. The van der Waals surface area contributed by atoms with Crippen molar-refractivity contribution in [2.75, 3.05) is 0 Å². The highest BCUT2D eigenvalue weighted by molar-refractivity contribution is 6.31. The SMILES string of the molecule is Cc1ccc(/C=C/C(=O)c2ccc(Oc3ncc(C(F)(F)F)cc3Cl)cc2)cc1. The molecular weight excluding hydrogens is 403 g/mol. The van der Waals surface area contributed by atoms with Crippen molar-refractivity contribution < 1.29 is 22.7 Å². The highest BCUT2D eigenvalue weighted by atomic mass is 35.5. The number of ketones is 1. The van der Waals surface area contributed by atoms with Gasteiger partial charge in [0.1, 0.15) is 10.8 Å². The lowest BCUT2D eigenvalue weighted by molar-refractivity contribution is -0.137. The van der Waals surface area contributed by atoms with Crippen LogP contribution in [0.2, 0.25) is 5.02 Å². The Morgan fingerprint density at radius 2 is 1.72 bits per heavy atom. The summed E-state index contributed by atoms with van der Waals surface area (Å²) in [5.74, 6) is -0.0564. The number of aromatic nitrogens is 1. The van der Waals surface area contributed by atoms with Crippen LogP contribution in [-0.4, -0.2) is 10.8 Å². The molecule has 0 atom stereocenters. The van der Waals surface area contributed by atoms with E-state index in [-0.39, 0.29) is 16.7 Å².